The summed E-state index contributed by atoms with van der Waals surface area (Å²) in [6.07, 6.45) is 0.461. The number of aliphatic hydroxyl groups excluding tert-OH is 1. The summed E-state index contributed by atoms with van der Waals surface area (Å²) < 4.78 is 5.86. The predicted octanol–water partition coefficient (Wildman–Crippen LogP) is 3.74. The second kappa shape index (κ2) is 10.8. The van der Waals surface area contributed by atoms with Crippen LogP contribution in [0, 0.1) is 0 Å². The fourth-order valence-electron chi connectivity index (χ4n) is 3.15. The molecule has 148 valence electrons. The third kappa shape index (κ3) is 6.34. The van der Waals surface area contributed by atoms with Crippen LogP contribution in [0.1, 0.15) is 18.9 Å². The van der Waals surface area contributed by atoms with Gasteiger partial charge in [0.2, 0.25) is 0 Å². The van der Waals surface area contributed by atoms with Crippen molar-refractivity contribution in [2.75, 3.05) is 19.7 Å². The van der Waals surface area contributed by atoms with Crippen molar-refractivity contribution in [2.24, 2.45) is 0 Å². The number of nitrogens with one attached hydrogen (secondary N) is 2. The van der Waals surface area contributed by atoms with Crippen LogP contribution in [0.3, 0.4) is 0 Å². The number of hydrogen-bond acceptors (Lipinski definition) is 4. The van der Waals surface area contributed by atoms with E-state index in [1.165, 1.54) is 5.56 Å². The second-order valence-electron chi connectivity index (χ2n) is 7.20. The van der Waals surface area contributed by atoms with Crippen molar-refractivity contribution in [3.05, 3.63) is 78.4 Å². The van der Waals surface area contributed by atoms with Gasteiger partial charge in [0.05, 0.1) is 0 Å². The lowest BCUT2D eigenvalue weighted by Crippen LogP contribution is -2.37. The summed E-state index contributed by atoms with van der Waals surface area (Å²) in [5.74, 6) is 0.815. The number of hydrogen-bond donors (Lipinski definition) is 3. The minimum absolute atomic E-state index is 0.278. The summed E-state index contributed by atoms with van der Waals surface area (Å²) in [6.45, 7) is 4.76. The molecular weight excluding hydrogens is 348 g/mol. The summed E-state index contributed by atoms with van der Waals surface area (Å²) in [6, 6.07) is 24.8. The number of ether oxygens (including phenoxy) is 1. The van der Waals surface area contributed by atoms with Crippen molar-refractivity contribution in [1.82, 2.24) is 10.6 Å². The van der Waals surface area contributed by atoms with Crippen LogP contribution in [0.4, 0.5) is 0 Å². The van der Waals surface area contributed by atoms with E-state index < -0.39 is 6.10 Å². The Kier molecular flexibility index (Phi) is 7.85. The second-order valence-corrected chi connectivity index (χ2v) is 7.20. The Balaban J connectivity index is 1.33. The van der Waals surface area contributed by atoms with Crippen LogP contribution in [0.15, 0.2) is 72.8 Å². The van der Waals surface area contributed by atoms with E-state index in [0.29, 0.717) is 12.6 Å². The molecule has 2 atom stereocenters. The maximum Gasteiger partial charge on any atom is 0.127 e. The van der Waals surface area contributed by atoms with Crippen molar-refractivity contribution in [1.29, 1.82) is 0 Å². The lowest BCUT2D eigenvalue weighted by atomic mass is 10.1. The molecule has 3 rings (SSSR count). The van der Waals surface area contributed by atoms with Crippen LogP contribution in [-0.2, 0) is 6.54 Å². The van der Waals surface area contributed by atoms with Gasteiger partial charge in [-0.15, -0.1) is 0 Å². The average Bonchev–Trinajstić information content (AvgIpc) is 2.74. The highest BCUT2D eigenvalue weighted by Crippen LogP contribution is 2.25. The predicted molar refractivity (Wildman–Crippen MR) is 116 cm³/mol. The Hall–Kier alpha value is -2.40. The molecule has 0 spiro atoms. The van der Waals surface area contributed by atoms with Crippen LogP contribution in [0.5, 0.6) is 5.75 Å². The highest BCUT2D eigenvalue weighted by molar-refractivity contribution is 5.88. The Morgan fingerprint density at radius 2 is 1.68 bits per heavy atom. The van der Waals surface area contributed by atoms with Gasteiger partial charge in [-0.25, -0.2) is 0 Å². The molecular formula is C24H30N2O2. The normalized spacial score (nSPS) is 13.4. The Morgan fingerprint density at radius 1 is 0.929 bits per heavy atom. The lowest BCUT2D eigenvalue weighted by molar-refractivity contribution is 0.104. The Bertz CT molecular complexity index is 833. The molecule has 28 heavy (non-hydrogen) atoms. The molecule has 3 N–H and O–H groups in total. The summed E-state index contributed by atoms with van der Waals surface area (Å²) in [7, 11) is 0. The highest BCUT2D eigenvalue weighted by Gasteiger charge is 2.09. The third-order valence-corrected chi connectivity index (χ3v) is 4.81. The molecule has 0 aliphatic carbocycles. The zero-order valence-corrected chi connectivity index (χ0v) is 16.5. The fourth-order valence-corrected chi connectivity index (χ4v) is 3.15. The first-order valence-electron chi connectivity index (χ1n) is 9.99. The van der Waals surface area contributed by atoms with Crippen molar-refractivity contribution < 1.29 is 9.84 Å². The van der Waals surface area contributed by atoms with E-state index in [-0.39, 0.29) is 6.61 Å². The molecule has 0 saturated carbocycles. The first-order valence-corrected chi connectivity index (χ1v) is 9.99. The van der Waals surface area contributed by atoms with Crippen LogP contribution < -0.4 is 15.4 Å². The number of benzene rings is 3. The van der Waals surface area contributed by atoms with Gasteiger partial charge in [0.15, 0.2) is 0 Å². The molecule has 3 aromatic rings. The maximum atomic E-state index is 10.2. The van der Waals surface area contributed by atoms with Gasteiger partial charge in [-0.3, -0.25) is 0 Å². The first-order chi connectivity index (χ1) is 13.7. The maximum absolute atomic E-state index is 10.2. The van der Waals surface area contributed by atoms with Crippen molar-refractivity contribution in [3.63, 3.8) is 0 Å². The SMILES string of the molecule is CC(CCNCc1ccccc1)NCC(O)COc1cccc2ccccc12. The Labute approximate surface area is 167 Å². The van der Waals surface area contributed by atoms with E-state index >= 15 is 0 Å². The molecule has 0 aromatic heterocycles. The molecule has 0 saturated heterocycles. The van der Waals surface area contributed by atoms with Crippen molar-refractivity contribution in [2.45, 2.75) is 32.0 Å². The summed E-state index contributed by atoms with van der Waals surface area (Å²) >= 11 is 0. The number of aliphatic hydroxyl groups is 1. The van der Waals surface area contributed by atoms with Gasteiger partial charge in [-0.2, -0.15) is 0 Å². The largest absolute Gasteiger partial charge is 0.490 e. The smallest absolute Gasteiger partial charge is 0.127 e. The molecule has 0 radical (unpaired) electrons. The van der Waals surface area contributed by atoms with E-state index in [1.54, 1.807) is 0 Å². The minimum atomic E-state index is -0.543. The monoisotopic (exact) mass is 378 g/mol. The standard InChI is InChI=1S/C24H30N2O2/c1-19(14-15-25-16-20-8-3-2-4-9-20)26-17-22(27)18-28-24-13-7-11-21-10-5-6-12-23(21)24/h2-13,19,22,25-27H,14-18H2,1H3. The Morgan fingerprint density at radius 3 is 2.54 bits per heavy atom. The van der Waals surface area contributed by atoms with Gasteiger partial charge in [0.1, 0.15) is 18.5 Å². The lowest BCUT2D eigenvalue weighted by Gasteiger charge is -2.18. The van der Waals surface area contributed by atoms with E-state index in [0.717, 1.165) is 36.0 Å². The van der Waals surface area contributed by atoms with E-state index in [1.807, 2.05) is 36.4 Å². The topological polar surface area (TPSA) is 53.5 Å². The van der Waals surface area contributed by atoms with Crippen molar-refractivity contribution in [3.8, 4) is 5.75 Å². The number of rotatable bonds is 11. The van der Waals surface area contributed by atoms with Crippen LogP contribution >= 0.6 is 0 Å². The fraction of sp³-hybridized carbons (Fsp3) is 0.333. The van der Waals surface area contributed by atoms with Gasteiger partial charge in [0, 0.05) is 24.5 Å². The summed E-state index contributed by atoms with van der Waals surface area (Å²) in [4.78, 5) is 0. The van der Waals surface area contributed by atoms with E-state index in [4.69, 9.17) is 4.74 Å². The van der Waals surface area contributed by atoms with Gasteiger partial charge >= 0.3 is 0 Å². The van der Waals surface area contributed by atoms with E-state index in [9.17, 15) is 5.11 Å². The molecule has 2 unspecified atom stereocenters. The molecule has 0 aliphatic heterocycles. The van der Waals surface area contributed by atoms with Crippen molar-refractivity contribution >= 4 is 10.8 Å². The highest BCUT2D eigenvalue weighted by atomic mass is 16.5. The molecule has 0 heterocycles. The van der Waals surface area contributed by atoms with Gasteiger partial charge in [0.25, 0.3) is 0 Å². The first kappa shape index (κ1) is 20.3. The minimum Gasteiger partial charge on any atom is -0.490 e. The zero-order chi connectivity index (χ0) is 19.6. The molecule has 4 nitrogen and oxygen atoms in total. The molecule has 0 fully saturated rings. The van der Waals surface area contributed by atoms with Crippen LogP contribution in [0.2, 0.25) is 0 Å². The molecule has 3 aromatic carbocycles. The van der Waals surface area contributed by atoms with Crippen LogP contribution in [-0.4, -0.2) is 36.9 Å². The van der Waals surface area contributed by atoms with Gasteiger partial charge < -0.3 is 20.5 Å². The summed E-state index contributed by atoms with van der Waals surface area (Å²) in [5.41, 5.74) is 1.30. The average molecular weight is 379 g/mol. The van der Waals surface area contributed by atoms with Gasteiger partial charge in [-0.1, -0.05) is 66.7 Å². The molecule has 0 amide bonds. The number of fused-ring (bicyclic) bond motifs is 1. The van der Waals surface area contributed by atoms with Gasteiger partial charge in [-0.05, 0) is 36.9 Å². The van der Waals surface area contributed by atoms with E-state index in [2.05, 4.69) is 54.0 Å². The molecule has 4 heteroatoms. The molecule has 0 bridgehead atoms. The third-order valence-electron chi connectivity index (χ3n) is 4.81. The quantitative estimate of drug-likeness (QED) is 0.445. The zero-order valence-electron chi connectivity index (χ0n) is 16.5. The molecule has 0 aliphatic rings. The summed E-state index contributed by atoms with van der Waals surface area (Å²) in [5, 5.41) is 19.3. The van der Waals surface area contributed by atoms with Crippen LogP contribution in [0.25, 0.3) is 10.8 Å².